The van der Waals surface area contributed by atoms with Crippen molar-refractivity contribution in [1.29, 1.82) is 0 Å². The fraction of sp³-hybridized carbons (Fsp3) is 0.231. The molecule has 0 fully saturated rings. The summed E-state index contributed by atoms with van der Waals surface area (Å²) in [6, 6.07) is 10.3. The Hall–Kier alpha value is -4.04. The minimum absolute atomic E-state index is 0.0739. The van der Waals surface area contributed by atoms with Crippen molar-refractivity contribution in [3.63, 3.8) is 0 Å². The Kier molecular flexibility index (Phi) is 5.81. The number of hydrogen-bond acceptors (Lipinski definition) is 6. The normalized spacial score (nSPS) is 16.1. The first-order valence-electron chi connectivity index (χ1n) is 11.4. The molecule has 3 heterocycles. The number of aryl methyl sites for hydroxylation is 1. The van der Waals surface area contributed by atoms with E-state index in [1.807, 2.05) is 38.3 Å². The van der Waals surface area contributed by atoms with E-state index in [0.29, 0.717) is 6.54 Å². The van der Waals surface area contributed by atoms with E-state index in [1.54, 1.807) is 16.9 Å². The van der Waals surface area contributed by atoms with Crippen LogP contribution in [-0.4, -0.2) is 30.3 Å². The first kappa shape index (κ1) is 21.8. The number of H-pyrrole nitrogens is 1. The molecule has 1 aliphatic carbocycles. The Labute approximate surface area is 198 Å². The van der Waals surface area contributed by atoms with Crippen LogP contribution in [0.4, 0.5) is 5.69 Å². The highest BCUT2D eigenvalue weighted by atomic mass is 15.3. The summed E-state index contributed by atoms with van der Waals surface area (Å²) in [5.41, 5.74) is 15.1. The lowest BCUT2D eigenvalue weighted by molar-refractivity contribution is 0.713. The van der Waals surface area contributed by atoms with Crippen molar-refractivity contribution >= 4 is 17.0 Å². The largest absolute Gasteiger partial charge is 0.378 e. The average Bonchev–Trinajstić information content (AvgIpc) is 3.56. The Morgan fingerprint density at radius 3 is 3.06 bits per heavy atom. The average molecular weight is 453 g/mol. The Bertz CT molecular complexity index is 1420. The lowest BCUT2D eigenvalue weighted by atomic mass is 10.1. The second-order valence-corrected chi connectivity index (χ2v) is 8.51. The number of rotatable bonds is 7. The molecule has 1 atom stereocenters. The van der Waals surface area contributed by atoms with Crippen molar-refractivity contribution in [2.75, 3.05) is 5.32 Å². The lowest BCUT2D eigenvalue weighted by Gasteiger charge is -2.13. The maximum Gasteiger partial charge on any atom is 0.155 e. The Morgan fingerprint density at radius 1 is 1.32 bits per heavy atom. The summed E-state index contributed by atoms with van der Waals surface area (Å²) >= 11 is 0. The van der Waals surface area contributed by atoms with Crippen molar-refractivity contribution in [3.05, 3.63) is 89.9 Å². The number of imidazole rings is 1. The molecule has 3 aromatic heterocycles. The minimum atomic E-state index is 0.0739. The fourth-order valence-corrected chi connectivity index (χ4v) is 4.52. The molecule has 0 bridgehead atoms. The van der Waals surface area contributed by atoms with E-state index in [9.17, 15) is 0 Å². The lowest BCUT2D eigenvalue weighted by Crippen LogP contribution is -2.10. The van der Waals surface area contributed by atoms with Gasteiger partial charge in [0.05, 0.1) is 23.6 Å². The number of pyridine rings is 1. The Balaban J connectivity index is 1.51. The van der Waals surface area contributed by atoms with Crippen LogP contribution < -0.4 is 11.1 Å². The van der Waals surface area contributed by atoms with Crippen LogP contribution in [0.2, 0.25) is 0 Å². The second-order valence-electron chi connectivity index (χ2n) is 8.51. The molecule has 0 saturated heterocycles. The van der Waals surface area contributed by atoms with Gasteiger partial charge in [-0.05, 0) is 62.1 Å². The third-order valence-electron chi connectivity index (χ3n) is 6.10. The third kappa shape index (κ3) is 4.15. The molecule has 0 spiro atoms. The van der Waals surface area contributed by atoms with Crippen molar-refractivity contribution < 1.29 is 0 Å². The van der Waals surface area contributed by atoms with E-state index in [0.717, 1.165) is 58.4 Å². The summed E-state index contributed by atoms with van der Waals surface area (Å²) < 4.78 is 1.75. The number of anilines is 1. The van der Waals surface area contributed by atoms with Crippen LogP contribution in [0.1, 0.15) is 49.0 Å². The van der Waals surface area contributed by atoms with Gasteiger partial charge in [0, 0.05) is 29.2 Å². The fourth-order valence-electron chi connectivity index (χ4n) is 4.52. The first-order chi connectivity index (χ1) is 16.5. The zero-order valence-corrected chi connectivity index (χ0v) is 19.4. The van der Waals surface area contributed by atoms with Gasteiger partial charge in [0.25, 0.3) is 0 Å². The van der Waals surface area contributed by atoms with E-state index < -0.39 is 0 Å². The summed E-state index contributed by atoms with van der Waals surface area (Å²) in [6.45, 7) is 8.22. The predicted molar refractivity (Wildman–Crippen MR) is 136 cm³/mol. The highest BCUT2D eigenvalue weighted by Crippen LogP contribution is 2.35. The molecular formula is C26H28N8. The van der Waals surface area contributed by atoms with Crippen LogP contribution >= 0.6 is 0 Å². The van der Waals surface area contributed by atoms with Gasteiger partial charge in [-0.15, -0.1) is 0 Å². The van der Waals surface area contributed by atoms with Crippen LogP contribution in [-0.2, 0) is 13.0 Å². The molecule has 1 aromatic carbocycles. The Morgan fingerprint density at radius 2 is 2.21 bits per heavy atom. The number of fused-ring (bicyclic) bond motifs is 2. The molecule has 1 aliphatic rings. The number of nitrogens with two attached hydrogens (primary N) is 1. The van der Waals surface area contributed by atoms with E-state index in [2.05, 4.69) is 45.2 Å². The SMILES string of the molecule is C=C/C=C(/C)N=C(C)c1[nH]c(CNc2cccc3c2C(N)CC3)nc1-c1ccc2ncnn2c1. The standard InChI is InChI=1S/C26H28N8/c1-4-6-16(2)31-17(3)25-26(19-10-12-23-29-15-30-34(23)14-19)33-22(32-25)13-28-21-8-5-7-18-9-11-20(27)24(18)21/h4-8,10,12,14-15,20,28H,1,9,11,13,27H2,2-3H3,(H,32,33)/b16-6-,31-17?. The second kappa shape index (κ2) is 9.07. The summed E-state index contributed by atoms with van der Waals surface area (Å²) in [4.78, 5) is 17.4. The molecule has 4 aromatic rings. The van der Waals surface area contributed by atoms with Gasteiger partial charge in [0.1, 0.15) is 12.2 Å². The number of aliphatic imine (C=N–C) groups is 1. The van der Waals surface area contributed by atoms with Crippen LogP contribution in [0.3, 0.4) is 0 Å². The summed E-state index contributed by atoms with van der Waals surface area (Å²) in [6.07, 6.45) is 9.10. The maximum absolute atomic E-state index is 6.36. The molecule has 0 aliphatic heterocycles. The number of aromatic amines is 1. The first-order valence-corrected chi connectivity index (χ1v) is 11.4. The van der Waals surface area contributed by atoms with Crippen molar-refractivity contribution in [3.8, 4) is 11.3 Å². The van der Waals surface area contributed by atoms with Crippen LogP contribution in [0.5, 0.6) is 0 Å². The third-order valence-corrected chi connectivity index (χ3v) is 6.10. The van der Waals surface area contributed by atoms with E-state index in [4.69, 9.17) is 15.7 Å². The number of nitrogens with zero attached hydrogens (tertiary/aromatic N) is 5. The number of allylic oxidation sites excluding steroid dienone is 3. The minimum Gasteiger partial charge on any atom is -0.378 e. The molecule has 1 unspecified atom stereocenters. The highest BCUT2D eigenvalue weighted by Gasteiger charge is 2.22. The van der Waals surface area contributed by atoms with Crippen molar-refractivity contribution in [1.82, 2.24) is 24.6 Å². The molecule has 8 nitrogen and oxygen atoms in total. The van der Waals surface area contributed by atoms with Crippen molar-refractivity contribution in [2.45, 2.75) is 39.3 Å². The smallest absolute Gasteiger partial charge is 0.155 e. The molecule has 0 amide bonds. The molecular weight excluding hydrogens is 424 g/mol. The quantitative estimate of drug-likeness (QED) is 0.281. The van der Waals surface area contributed by atoms with Gasteiger partial charge in [-0.2, -0.15) is 5.10 Å². The molecule has 5 rings (SSSR count). The van der Waals surface area contributed by atoms with E-state index >= 15 is 0 Å². The number of aromatic nitrogens is 5. The molecule has 34 heavy (non-hydrogen) atoms. The molecule has 0 radical (unpaired) electrons. The molecule has 172 valence electrons. The molecule has 4 N–H and O–H groups in total. The van der Waals surface area contributed by atoms with E-state index in [1.165, 1.54) is 11.1 Å². The maximum atomic E-state index is 6.36. The van der Waals surface area contributed by atoms with Gasteiger partial charge in [-0.1, -0.05) is 24.8 Å². The van der Waals surface area contributed by atoms with Gasteiger partial charge >= 0.3 is 0 Å². The van der Waals surface area contributed by atoms with E-state index in [-0.39, 0.29) is 6.04 Å². The van der Waals surface area contributed by atoms with Crippen LogP contribution in [0.15, 0.2) is 72.3 Å². The van der Waals surface area contributed by atoms with Gasteiger partial charge in [-0.25, -0.2) is 14.5 Å². The topological polar surface area (TPSA) is 109 Å². The van der Waals surface area contributed by atoms with Gasteiger partial charge in [0.2, 0.25) is 0 Å². The number of nitrogens with one attached hydrogen (secondary N) is 2. The number of benzene rings is 1. The molecule has 8 heteroatoms. The van der Waals surface area contributed by atoms with Crippen molar-refractivity contribution in [2.24, 2.45) is 10.7 Å². The monoisotopic (exact) mass is 452 g/mol. The summed E-state index contributed by atoms with van der Waals surface area (Å²) in [5.74, 6) is 0.813. The zero-order valence-electron chi connectivity index (χ0n) is 19.4. The summed E-state index contributed by atoms with van der Waals surface area (Å²) in [5, 5.41) is 7.81. The van der Waals surface area contributed by atoms with Gasteiger partial charge < -0.3 is 16.0 Å². The zero-order chi connectivity index (χ0) is 23.7. The highest BCUT2D eigenvalue weighted by molar-refractivity contribution is 6.02. The van der Waals surface area contributed by atoms with Gasteiger partial charge in [-0.3, -0.25) is 4.99 Å². The predicted octanol–water partition coefficient (Wildman–Crippen LogP) is 4.58. The van der Waals surface area contributed by atoms with Crippen LogP contribution in [0.25, 0.3) is 16.9 Å². The van der Waals surface area contributed by atoms with Gasteiger partial charge in [0.15, 0.2) is 5.65 Å². The summed E-state index contributed by atoms with van der Waals surface area (Å²) in [7, 11) is 0. The van der Waals surface area contributed by atoms with Crippen LogP contribution in [0, 0.1) is 0 Å². The number of hydrogen-bond donors (Lipinski definition) is 3. The molecule has 0 saturated carbocycles.